The molecule has 1 fully saturated rings. The first-order valence-electron chi connectivity index (χ1n) is 7.95. The Bertz CT molecular complexity index is 788. The number of amides is 1. The molecule has 2 aromatic rings. The first-order valence-corrected chi connectivity index (χ1v) is 7.95. The van der Waals surface area contributed by atoms with Crippen molar-refractivity contribution in [3.05, 3.63) is 58.3 Å². The predicted octanol–water partition coefficient (Wildman–Crippen LogP) is 1.24. The average molecular weight is 330 g/mol. The van der Waals surface area contributed by atoms with E-state index >= 15 is 0 Å². The van der Waals surface area contributed by atoms with E-state index in [0.29, 0.717) is 5.69 Å². The van der Waals surface area contributed by atoms with Gasteiger partial charge in [0.1, 0.15) is 11.5 Å². The lowest BCUT2D eigenvalue weighted by molar-refractivity contribution is 0.0913. The summed E-state index contributed by atoms with van der Waals surface area (Å²) >= 11 is 0. The fourth-order valence-corrected chi connectivity index (χ4v) is 2.78. The lowest BCUT2D eigenvalue weighted by Gasteiger charge is -2.30. The molecule has 6 nitrogen and oxygen atoms in total. The molecule has 126 valence electrons. The van der Waals surface area contributed by atoms with Crippen LogP contribution >= 0.6 is 0 Å². The summed E-state index contributed by atoms with van der Waals surface area (Å²) < 4.78 is 14.1. The summed E-state index contributed by atoms with van der Waals surface area (Å²) in [6.07, 6.45) is 1.90. The summed E-state index contributed by atoms with van der Waals surface area (Å²) in [6, 6.07) is 8.27. The molecule has 1 aliphatic rings. The summed E-state index contributed by atoms with van der Waals surface area (Å²) in [4.78, 5) is 24.4. The fourth-order valence-electron chi connectivity index (χ4n) is 2.78. The summed E-state index contributed by atoms with van der Waals surface area (Å²) in [5.41, 5.74) is 0.173. The number of carbonyl (C=O) groups is 1. The van der Waals surface area contributed by atoms with Crippen LogP contribution in [0.5, 0.6) is 0 Å². The van der Waals surface area contributed by atoms with Gasteiger partial charge in [-0.1, -0.05) is 0 Å². The number of nitrogens with one attached hydrogen (secondary N) is 2. The first kappa shape index (κ1) is 16.3. The third-order valence-corrected chi connectivity index (χ3v) is 4.18. The van der Waals surface area contributed by atoms with E-state index in [2.05, 4.69) is 15.7 Å². The third kappa shape index (κ3) is 3.51. The van der Waals surface area contributed by atoms with Crippen LogP contribution in [0.2, 0.25) is 0 Å². The molecule has 1 aromatic heterocycles. The van der Waals surface area contributed by atoms with E-state index in [9.17, 15) is 14.0 Å². The van der Waals surface area contributed by atoms with Crippen LogP contribution in [0.25, 0.3) is 5.69 Å². The quantitative estimate of drug-likeness (QED) is 0.888. The van der Waals surface area contributed by atoms with E-state index in [1.165, 1.54) is 36.4 Å². The maximum atomic E-state index is 13.0. The SMILES string of the molecule is CC1NCCCC1NC(=O)c1ccc(=O)n(-c2ccc(F)cc2)n1. The van der Waals surface area contributed by atoms with Gasteiger partial charge in [-0.2, -0.15) is 9.78 Å². The molecular formula is C17H19FN4O2. The van der Waals surface area contributed by atoms with E-state index < -0.39 is 5.82 Å². The number of aromatic nitrogens is 2. The van der Waals surface area contributed by atoms with Crippen molar-refractivity contribution in [3.63, 3.8) is 0 Å². The molecule has 0 saturated carbocycles. The summed E-state index contributed by atoms with van der Waals surface area (Å²) in [6.45, 7) is 2.97. The molecule has 1 amide bonds. The number of carbonyl (C=O) groups excluding carboxylic acids is 1. The minimum atomic E-state index is -0.403. The molecule has 3 rings (SSSR count). The molecule has 1 aliphatic heterocycles. The largest absolute Gasteiger partial charge is 0.346 e. The van der Waals surface area contributed by atoms with Gasteiger partial charge in [-0.05, 0) is 56.6 Å². The molecule has 2 N–H and O–H groups in total. The normalized spacial score (nSPS) is 20.6. The fraction of sp³-hybridized carbons (Fsp3) is 0.353. The van der Waals surface area contributed by atoms with Gasteiger partial charge in [0.05, 0.1) is 5.69 Å². The van der Waals surface area contributed by atoms with Gasteiger partial charge in [0.2, 0.25) is 0 Å². The maximum absolute atomic E-state index is 13.0. The second-order valence-electron chi connectivity index (χ2n) is 5.91. The van der Waals surface area contributed by atoms with E-state index in [4.69, 9.17) is 0 Å². The zero-order valence-electron chi connectivity index (χ0n) is 13.3. The molecule has 2 heterocycles. The third-order valence-electron chi connectivity index (χ3n) is 4.18. The van der Waals surface area contributed by atoms with Crippen molar-refractivity contribution in [2.75, 3.05) is 6.54 Å². The zero-order chi connectivity index (χ0) is 17.1. The van der Waals surface area contributed by atoms with E-state index in [1.54, 1.807) is 0 Å². The molecule has 1 saturated heterocycles. The van der Waals surface area contributed by atoms with Crippen LogP contribution in [0, 0.1) is 5.82 Å². The van der Waals surface area contributed by atoms with Crippen LogP contribution in [-0.4, -0.2) is 34.3 Å². The monoisotopic (exact) mass is 330 g/mol. The highest BCUT2D eigenvalue weighted by molar-refractivity contribution is 5.92. The zero-order valence-corrected chi connectivity index (χ0v) is 13.3. The highest BCUT2D eigenvalue weighted by Crippen LogP contribution is 2.10. The Morgan fingerprint density at radius 2 is 2.04 bits per heavy atom. The Labute approximate surface area is 138 Å². The van der Waals surface area contributed by atoms with E-state index in [0.717, 1.165) is 24.1 Å². The Hall–Kier alpha value is -2.54. The average Bonchev–Trinajstić information content (AvgIpc) is 2.58. The first-order chi connectivity index (χ1) is 11.5. The smallest absolute Gasteiger partial charge is 0.272 e. The molecule has 0 spiro atoms. The van der Waals surface area contributed by atoms with E-state index in [1.807, 2.05) is 6.92 Å². The van der Waals surface area contributed by atoms with Crippen LogP contribution in [0.15, 0.2) is 41.2 Å². The molecule has 24 heavy (non-hydrogen) atoms. The number of halogens is 1. The van der Waals surface area contributed by atoms with Crippen LogP contribution in [0.1, 0.15) is 30.3 Å². The van der Waals surface area contributed by atoms with Gasteiger partial charge in [-0.25, -0.2) is 4.39 Å². The maximum Gasteiger partial charge on any atom is 0.272 e. The molecular weight excluding hydrogens is 311 g/mol. The Morgan fingerprint density at radius 3 is 2.75 bits per heavy atom. The van der Waals surface area contributed by atoms with Gasteiger partial charge in [-0.15, -0.1) is 0 Å². The van der Waals surface area contributed by atoms with Crippen molar-refractivity contribution in [2.45, 2.75) is 31.8 Å². The lowest BCUT2D eigenvalue weighted by atomic mass is 10.00. The van der Waals surface area contributed by atoms with Crippen molar-refractivity contribution in [3.8, 4) is 5.69 Å². The lowest BCUT2D eigenvalue weighted by Crippen LogP contribution is -2.52. The topological polar surface area (TPSA) is 76.0 Å². The number of nitrogens with zero attached hydrogens (tertiary/aromatic N) is 2. The Kier molecular flexibility index (Phi) is 4.71. The molecule has 0 radical (unpaired) electrons. The Morgan fingerprint density at radius 1 is 1.29 bits per heavy atom. The van der Waals surface area contributed by atoms with Gasteiger partial charge in [0, 0.05) is 18.2 Å². The van der Waals surface area contributed by atoms with Crippen molar-refractivity contribution >= 4 is 5.91 Å². The van der Waals surface area contributed by atoms with Crippen molar-refractivity contribution in [1.82, 2.24) is 20.4 Å². The van der Waals surface area contributed by atoms with Gasteiger partial charge < -0.3 is 10.6 Å². The highest BCUT2D eigenvalue weighted by Gasteiger charge is 2.23. The predicted molar refractivity (Wildman–Crippen MR) is 87.7 cm³/mol. The highest BCUT2D eigenvalue weighted by atomic mass is 19.1. The molecule has 2 atom stereocenters. The molecule has 7 heteroatoms. The number of rotatable bonds is 3. The second kappa shape index (κ2) is 6.92. The summed E-state index contributed by atoms with van der Waals surface area (Å²) in [5, 5.41) is 10.4. The van der Waals surface area contributed by atoms with Crippen LogP contribution < -0.4 is 16.2 Å². The molecule has 2 unspecified atom stereocenters. The minimum absolute atomic E-state index is 0.0271. The van der Waals surface area contributed by atoms with Gasteiger partial charge >= 0.3 is 0 Å². The van der Waals surface area contributed by atoms with Crippen LogP contribution in [0.3, 0.4) is 0 Å². The summed E-state index contributed by atoms with van der Waals surface area (Å²) in [7, 11) is 0. The standard InChI is InChI=1S/C17H19FN4O2/c1-11-14(3-2-10-19-11)20-17(24)15-8-9-16(23)22(21-15)13-6-4-12(18)5-7-13/h4-9,11,14,19H,2-3,10H2,1H3,(H,20,24). The number of hydrogen-bond donors (Lipinski definition) is 2. The molecule has 0 bridgehead atoms. The number of piperidine rings is 1. The van der Waals surface area contributed by atoms with Crippen molar-refractivity contribution in [2.24, 2.45) is 0 Å². The van der Waals surface area contributed by atoms with Gasteiger partial charge in [-0.3, -0.25) is 9.59 Å². The molecule has 1 aromatic carbocycles. The second-order valence-corrected chi connectivity index (χ2v) is 5.91. The Balaban J connectivity index is 1.83. The number of benzene rings is 1. The minimum Gasteiger partial charge on any atom is -0.346 e. The van der Waals surface area contributed by atoms with Crippen LogP contribution in [-0.2, 0) is 0 Å². The van der Waals surface area contributed by atoms with Gasteiger partial charge in [0.25, 0.3) is 11.5 Å². The molecule has 0 aliphatic carbocycles. The number of hydrogen-bond acceptors (Lipinski definition) is 4. The van der Waals surface area contributed by atoms with Crippen LogP contribution in [0.4, 0.5) is 4.39 Å². The van der Waals surface area contributed by atoms with Crippen molar-refractivity contribution < 1.29 is 9.18 Å². The van der Waals surface area contributed by atoms with Crippen molar-refractivity contribution in [1.29, 1.82) is 0 Å². The van der Waals surface area contributed by atoms with Gasteiger partial charge in [0.15, 0.2) is 0 Å². The van der Waals surface area contributed by atoms with E-state index in [-0.39, 0.29) is 29.2 Å². The summed E-state index contributed by atoms with van der Waals surface area (Å²) in [5.74, 6) is -0.731.